The molecule has 0 fully saturated rings. The molecule has 0 saturated carbocycles. The molecule has 47 heavy (non-hydrogen) atoms. The first-order valence-corrected chi connectivity index (χ1v) is 17.3. The molecule has 0 unspecified atom stereocenters. The second-order valence-electron chi connectivity index (χ2n) is 12.4. The number of hydrogen-bond acceptors (Lipinski definition) is 2. The lowest BCUT2D eigenvalue weighted by Crippen LogP contribution is -2.12. The van der Waals surface area contributed by atoms with Crippen LogP contribution in [0, 0.1) is 0 Å². The summed E-state index contributed by atoms with van der Waals surface area (Å²) >= 11 is 0. The molecule has 2 nitrogen and oxygen atoms in total. The quantitative estimate of drug-likeness (QED) is 0.120. The van der Waals surface area contributed by atoms with Crippen molar-refractivity contribution in [3.63, 3.8) is 0 Å². The van der Waals surface area contributed by atoms with Crippen molar-refractivity contribution in [2.45, 2.75) is 58.8 Å². The van der Waals surface area contributed by atoms with E-state index in [1.165, 1.54) is 59.3 Å². The summed E-state index contributed by atoms with van der Waals surface area (Å²) in [6.45, 7) is 4.51. The number of unbranched alkanes of at least 4 members (excludes halogenated alkanes) is 2. The Balaban J connectivity index is 1.32. The van der Waals surface area contributed by atoms with Gasteiger partial charge in [-0.05, 0) is 127 Å². The highest BCUT2D eigenvalue weighted by Crippen LogP contribution is 2.39. The molecule has 6 rings (SSSR count). The lowest BCUT2D eigenvalue weighted by atomic mass is 10.0. The van der Waals surface area contributed by atoms with Crippen molar-refractivity contribution >= 4 is 34.1 Å². The van der Waals surface area contributed by atoms with Gasteiger partial charge in [0.15, 0.2) is 0 Å². The van der Waals surface area contributed by atoms with E-state index in [1.54, 1.807) is 0 Å². The largest absolute Gasteiger partial charge is 0.311 e. The lowest BCUT2D eigenvalue weighted by Gasteiger charge is -2.28. The molecule has 0 aliphatic heterocycles. The average Bonchev–Trinajstić information content (AvgIpc) is 3.13. The predicted molar refractivity (Wildman–Crippen MR) is 202 cm³/mol. The molecule has 0 radical (unpaired) electrons. The van der Waals surface area contributed by atoms with Crippen LogP contribution in [0.1, 0.15) is 61.8 Å². The van der Waals surface area contributed by atoms with Crippen LogP contribution in [0.3, 0.4) is 0 Å². The maximum Gasteiger partial charge on any atom is 0.0463 e. The minimum absolute atomic E-state index is 0.927. The Labute approximate surface area is 282 Å². The monoisotopic (exact) mass is 614 g/mol. The second-order valence-corrected chi connectivity index (χ2v) is 12.4. The Kier molecular flexibility index (Phi) is 10.8. The van der Waals surface area contributed by atoms with Gasteiger partial charge in [-0.25, -0.2) is 0 Å². The Bertz CT molecular complexity index is 1720. The van der Waals surface area contributed by atoms with E-state index < -0.39 is 0 Å². The van der Waals surface area contributed by atoms with Crippen molar-refractivity contribution in [2.24, 2.45) is 0 Å². The van der Waals surface area contributed by atoms with Crippen LogP contribution in [0.5, 0.6) is 0 Å². The van der Waals surface area contributed by atoms with E-state index in [2.05, 4.69) is 181 Å². The summed E-state index contributed by atoms with van der Waals surface area (Å²) in [7, 11) is 0. The average molecular weight is 615 g/mol. The van der Waals surface area contributed by atoms with Gasteiger partial charge >= 0.3 is 0 Å². The molecule has 0 atom stereocenters. The van der Waals surface area contributed by atoms with Crippen molar-refractivity contribution in [1.29, 1.82) is 0 Å². The van der Waals surface area contributed by atoms with Crippen LogP contribution in [0.4, 0.5) is 34.1 Å². The predicted octanol–water partition coefficient (Wildman–Crippen LogP) is 12.9. The minimum Gasteiger partial charge on any atom is -0.311 e. The third-order valence-electron chi connectivity index (χ3n) is 8.85. The highest BCUT2D eigenvalue weighted by atomic mass is 15.2. The fourth-order valence-electron chi connectivity index (χ4n) is 6.20. The smallest absolute Gasteiger partial charge is 0.0463 e. The maximum atomic E-state index is 2.38. The minimum atomic E-state index is 0.927. The van der Waals surface area contributed by atoms with E-state index in [9.17, 15) is 0 Å². The molecule has 0 N–H and O–H groups in total. The summed E-state index contributed by atoms with van der Waals surface area (Å²) in [5.74, 6) is 0. The van der Waals surface area contributed by atoms with Gasteiger partial charge in [-0.15, -0.1) is 0 Å². The van der Waals surface area contributed by atoms with Crippen LogP contribution in [0.15, 0.2) is 158 Å². The van der Waals surface area contributed by atoms with Crippen molar-refractivity contribution < 1.29 is 0 Å². The van der Waals surface area contributed by atoms with Crippen molar-refractivity contribution in [2.75, 3.05) is 9.80 Å². The van der Waals surface area contributed by atoms with E-state index in [0.717, 1.165) is 42.0 Å². The van der Waals surface area contributed by atoms with Gasteiger partial charge in [0.1, 0.15) is 0 Å². The van der Waals surface area contributed by atoms with Crippen LogP contribution in [-0.4, -0.2) is 0 Å². The summed E-state index contributed by atoms with van der Waals surface area (Å²) in [5, 5.41) is 0. The number of para-hydroxylation sites is 1. The molecule has 0 saturated heterocycles. The topological polar surface area (TPSA) is 6.48 Å². The third kappa shape index (κ3) is 8.20. The zero-order valence-electron chi connectivity index (χ0n) is 27.9. The molecule has 6 aromatic carbocycles. The molecule has 0 aromatic heterocycles. The van der Waals surface area contributed by atoms with Crippen LogP contribution in [-0.2, 0) is 19.3 Å². The van der Waals surface area contributed by atoms with Gasteiger partial charge in [-0.2, -0.15) is 0 Å². The van der Waals surface area contributed by atoms with Gasteiger partial charge in [-0.1, -0.05) is 112 Å². The zero-order chi connectivity index (χ0) is 32.3. The van der Waals surface area contributed by atoms with Crippen LogP contribution in [0.2, 0.25) is 0 Å². The molecule has 0 aliphatic rings. The summed E-state index contributed by atoms with van der Waals surface area (Å²) < 4.78 is 0. The summed E-state index contributed by atoms with van der Waals surface area (Å²) in [4.78, 5) is 4.72. The second kappa shape index (κ2) is 16.0. The first kappa shape index (κ1) is 31.9. The molecule has 2 heteroatoms. The molecule has 0 amide bonds. The third-order valence-corrected chi connectivity index (χ3v) is 8.85. The SMILES string of the molecule is CCCCc1ccc(N(c2ccc(CCCC)cc2)c2ccc(N(c3ccccc3)c3ccc(Cc4ccccc4)cc3)cc2)cc1. The number of nitrogens with zero attached hydrogens (tertiary/aromatic N) is 2. The van der Waals surface area contributed by atoms with Crippen molar-refractivity contribution in [1.82, 2.24) is 0 Å². The van der Waals surface area contributed by atoms with Gasteiger partial charge in [0.25, 0.3) is 0 Å². The summed E-state index contributed by atoms with van der Waals surface area (Å²) in [6, 6.07) is 57.6. The maximum absolute atomic E-state index is 2.38. The molecule has 6 aromatic rings. The van der Waals surface area contributed by atoms with Crippen LogP contribution in [0.25, 0.3) is 0 Å². The van der Waals surface area contributed by atoms with E-state index in [1.807, 2.05) is 0 Å². The number of benzene rings is 6. The molecule has 0 aliphatic carbocycles. The number of rotatable bonds is 14. The molecule has 0 spiro atoms. The fourth-order valence-corrected chi connectivity index (χ4v) is 6.20. The van der Waals surface area contributed by atoms with Gasteiger partial charge in [-0.3, -0.25) is 0 Å². The molecule has 0 bridgehead atoms. The summed E-state index contributed by atoms with van der Waals surface area (Å²) in [5.41, 5.74) is 12.3. The van der Waals surface area contributed by atoms with Crippen molar-refractivity contribution in [3.8, 4) is 0 Å². The molecular formula is C45H46N2. The fraction of sp³-hybridized carbons (Fsp3) is 0.200. The van der Waals surface area contributed by atoms with Gasteiger partial charge in [0, 0.05) is 34.1 Å². The lowest BCUT2D eigenvalue weighted by molar-refractivity contribution is 0.795. The van der Waals surface area contributed by atoms with Crippen LogP contribution >= 0.6 is 0 Å². The zero-order valence-corrected chi connectivity index (χ0v) is 27.9. The van der Waals surface area contributed by atoms with Gasteiger partial charge in [0.05, 0.1) is 0 Å². The van der Waals surface area contributed by atoms with E-state index in [4.69, 9.17) is 0 Å². The van der Waals surface area contributed by atoms with Gasteiger partial charge < -0.3 is 9.80 Å². The standard InChI is InChI=1S/C45H46N2/c1-3-5-13-36-19-25-41(26-20-36)47(42-27-21-37(22-28-42)14-6-4-2)45-33-31-44(32-34-45)46(40-17-11-8-12-18-40)43-29-23-39(24-30-43)35-38-15-9-7-10-16-38/h7-12,15-34H,3-6,13-14,35H2,1-2H3. The van der Waals surface area contributed by atoms with E-state index in [-0.39, 0.29) is 0 Å². The Morgan fingerprint density at radius 1 is 0.319 bits per heavy atom. The molecule has 0 heterocycles. The first-order valence-electron chi connectivity index (χ1n) is 17.3. The summed E-state index contributed by atoms with van der Waals surface area (Å²) in [6.07, 6.45) is 8.04. The Morgan fingerprint density at radius 3 is 1.00 bits per heavy atom. The van der Waals surface area contributed by atoms with Gasteiger partial charge in [0.2, 0.25) is 0 Å². The normalized spacial score (nSPS) is 10.9. The van der Waals surface area contributed by atoms with E-state index in [0.29, 0.717) is 0 Å². The highest BCUT2D eigenvalue weighted by molar-refractivity contribution is 5.81. The number of anilines is 6. The van der Waals surface area contributed by atoms with E-state index >= 15 is 0 Å². The Hall–Kier alpha value is -5.08. The van der Waals surface area contributed by atoms with Crippen LogP contribution < -0.4 is 9.80 Å². The highest BCUT2D eigenvalue weighted by Gasteiger charge is 2.16. The number of hydrogen-bond donors (Lipinski definition) is 0. The first-order chi connectivity index (χ1) is 23.2. The molecule has 236 valence electrons. The Morgan fingerprint density at radius 2 is 0.617 bits per heavy atom. The molecular weight excluding hydrogens is 569 g/mol. The van der Waals surface area contributed by atoms with Crippen molar-refractivity contribution in [3.05, 3.63) is 180 Å². The number of aryl methyl sites for hydroxylation is 2.